The molecule has 2 rings (SSSR count). The van der Waals surface area contributed by atoms with Crippen molar-refractivity contribution in [1.82, 2.24) is 10.3 Å². The number of amides is 1. The number of nitrogens with one attached hydrogen (secondary N) is 2. The number of fused-ring (bicyclic) bond motifs is 1. The molecule has 0 aliphatic heterocycles. The Morgan fingerprint density at radius 3 is 2.95 bits per heavy atom. The molecule has 0 fully saturated rings. The number of para-hydroxylation sites is 1. The molecule has 0 aliphatic rings. The first kappa shape index (κ1) is 14.5. The quantitative estimate of drug-likeness (QED) is 0.658. The lowest BCUT2D eigenvalue weighted by Crippen LogP contribution is -2.34. The molecular weight excluding hydrogens is 298 g/mol. The normalized spacial score (nSPS) is 10.1. The van der Waals surface area contributed by atoms with Crippen molar-refractivity contribution in [2.45, 2.75) is 6.92 Å². The second-order valence-corrected chi connectivity index (χ2v) is 4.60. The zero-order chi connectivity index (χ0) is 14.5. The summed E-state index contributed by atoms with van der Waals surface area (Å²) in [6.07, 6.45) is -0.602. The van der Waals surface area contributed by atoms with Crippen LogP contribution in [0.25, 0.3) is 10.9 Å². The fourth-order valence-corrected chi connectivity index (χ4v) is 2.05. The molecule has 2 N–H and O–H groups in total. The Bertz CT molecular complexity index is 663. The van der Waals surface area contributed by atoms with E-state index in [1.54, 1.807) is 13.0 Å². The van der Waals surface area contributed by atoms with Crippen LogP contribution in [0, 0.1) is 0 Å². The number of carbonyl (C=O) groups is 1. The first-order chi connectivity index (χ1) is 9.60. The molecule has 7 heteroatoms. The summed E-state index contributed by atoms with van der Waals surface area (Å²) < 4.78 is 4.75. The van der Waals surface area contributed by atoms with Crippen LogP contribution in [-0.4, -0.2) is 22.8 Å². The maximum atomic E-state index is 11.3. The highest BCUT2D eigenvalue weighted by molar-refractivity contribution is 7.80. The van der Waals surface area contributed by atoms with E-state index in [4.69, 9.17) is 28.6 Å². The molecule has 104 valence electrons. The van der Waals surface area contributed by atoms with E-state index < -0.39 is 6.09 Å². The average molecular weight is 310 g/mol. The van der Waals surface area contributed by atoms with Gasteiger partial charge in [-0.3, -0.25) is 5.32 Å². The molecule has 2 aromatic rings. The molecule has 0 saturated heterocycles. The van der Waals surface area contributed by atoms with Gasteiger partial charge in [0.1, 0.15) is 5.15 Å². The molecule has 1 amide bonds. The van der Waals surface area contributed by atoms with Crippen molar-refractivity contribution in [2.75, 3.05) is 11.9 Å². The Kier molecular flexibility index (Phi) is 4.70. The van der Waals surface area contributed by atoms with Gasteiger partial charge >= 0.3 is 6.09 Å². The number of ether oxygens (including phenoxy) is 1. The van der Waals surface area contributed by atoms with Gasteiger partial charge < -0.3 is 10.1 Å². The fourth-order valence-electron chi connectivity index (χ4n) is 1.66. The number of rotatable bonds is 2. The minimum Gasteiger partial charge on any atom is -0.450 e. The zero-order valence-electron chi connectivity index (χ0n) is 10.6. The van der Waals surface area contributed by atoms with Crippen LogP contribution in [0.1, 0.15) is 6.92 Å². The van der Waals surface area contributed by atoms with Crippen molar-refractivity contribution < 1.29 is 9.53 Å². The third kappa shape index (κ3) is 3.55. The second-order valence-electron chi connectivity index (χ2n) is 3.81. The molecule has 5 nitrogen and oxygen atoms in total. The summed E-state index contributed by atoms with van der Waals surface area (Å²) >= 11 is 11.0. The number of thiocarbonyl (C=S) groups is 1. The SMILES string of the molecule is CCOC(=O)NC(=S)Nc1cc(Cl)nc2ccccc12. The van der Waals surface area contributed by atoms with Crippen molar-refractivity contribution in [2.24, 2.45) is 0 Å². The zero-order valence-corrected chi connectivity index (χ0v) is 12.2. The van der Waals surface area contributed by atoms with E-state index in [2.05, 4.69) is 15.6 Å². The van der Waals surface area contributed by atoms with E-state index in [1.807, 2.05) is 24.3 Å². The Morgan fingerprint density at radius 1 is 1.45 bits per heavy atom. The van der Waals surface area contributed by atoms with Crippen molar-refractivity contribution in [3.05, 3.63) is 35.5 Å². The van der Waals surface area contributed by atoms with Crippen molar-refractivity contribution in [3.63, 3.8) is 0 Å². The van der Waals surface area contributed by atoms with E-state index in [9.17, 15) is 4.79 Å². The first-order valence-electron chi connectivity index (χ1n) is 5.90. The van der Waals surface area contributed by atoms with Crippen molar-refractivity contribution >= 4 is 51.6 Å². The van der Waals surface area contributed by atoms with Gasteiger partial charge in [0.25, 0.3) is 0 Å². The molecule has 0 atom stereocenters. The predicted molar refractivity (Wildman–Crippen MR) is 83.1 cm³/mol. The number of nitrogens with zero attached hydrogens (tertiary/aromatic N) is 1. The molecule has 0 saturated carbocycles. The minimum atomic E-state index is -0.602. The van der Waals surface area contributed by atoms with Gasteiger partial charge in [0, 0.05) is 5.39 Å². The van der Waals surface area contributed by atoms with Crippen LogP contribution >= 0.6 is 23.8 Å². The first-order valence-corrected chi connectivity index (χ1v) is 6.69. The molecule has 0 radical (unpaired) electrons. The highest BCUT2D eigenvalue weighted by atomic mass is 35.5. The monoisotopic (exact) mass is 309 g/mol. The van der Waals surface area contributed by atoms with E-state index in [1.165, 1.54) is 0 Å². The Hall–Kier alpha value is -1.92. The highest BCUT2D eigenvalue weighted by Crippen LogP contribution is 2.24. The molecule has 0 bridgehead atoms. The van der Waals surface area contributed by atoms with Crippen LogP contribution in [-0.2, 0) is 4.74 Å². The largest absolute Gasteiger partial charge is 0.450 e. The van der Waals surface area contributed by atoms with Crippen molar-refractivity contribution in [3.8, 4) is 0 Å². The van der Waals surface area contributed by atoms with Gasteiger partial charge in [-0.15, -0.1) is 0 Å². The Labute approximate surface area is 126 Å². The van der Waals surface area contributed by atoms with Gasteiger partial charge in [-0.05, 0) is 31.3 Å². The van der Waals surface area contributed by atoms with E-state index in [0.717, 1.165) is 10.9 Å². The van der Waals surface area contributed by atoms with Gasteiger partial charge in [0.05, 0.1) is 17.8 Å². The molecule has 20 heavy (non-hydrogen) atoms. The second kappa shape index (κ2) is 6.49. The van der Waals surface area contributed by atoms with Crippen LogP contribution in [0.2, 0.25) is 5.15 Å². The number of aromatic nitrogens is 1. The number of anilines is 1. The summed E-state index contributed by atoms with van der Waals surface area (Å²) in [6.45, 7) is 1.99. The number of hydrogen-bond donors (Lipinski definition) is 2. The summed E-state index contributed by atoms with van der Waals surface area (Å²) in [5, 5.41) is 6.64. The third-order valence-corrected chi connectivity index (χ3v) is 2.82. The number of pyridine rings is 1. The lowest BCUT2D eigenvalue weighted by Gasteiger charge is -2.11. The average Bonchev–Trinajstić information content (AvgIpc) is 2.38. The molecule has 1 heterocycles. The van der Waals surface area contributed by atoms with Crippen LogP contribution < -0.4 is 10.6 Å². The molecule has 1 aromatic heterocycles. The Morgan fingerprint density at radius 2 is 2.20 bits per heavy atom. The van der Waals surface area contributed by atoms with Gasteiger partial charge in [-0.1, -0.05) is 29.8 Å². The van der Waals surface area contributed by atoms with E-state index in [0.29, 0.717) is 10.8 Å². The maximum Gasteiger partial charge on any atom is 0.413 e. The minimum absolute atomic E-state index is 0.135. The predicted octanol–water partition coefficient (Wildman–Crippen LogP) is 3.33. The number of carbonyl (C=O) groups excluding carboxylic acids is 1. The van der Waals surface area contributed by atoms with Crippen molar-refractivity contribution in [1.29, 1.82) is 0 Å². The molecule has 0 spiro atoms. The van der Waals surface area contributed by atoms with Gasteiger partial charge in [-0.2, -0.15) is 0 Å². The van der Waals surface area contributed by atoms with Gasteiger partial charge in [-0.25, -0.2) is 9.78 Å². The molecule has 0 aliphatic carbocycles. The molecule has 1 aromatic carbocycles. The standard InChI is InChI=1S/C13H12ClN3O2S/c1-2-19-13(18)17-12(20)16-10-7-11(14)15-9-6-4-3-5-8(9)10/h3-7H,2H2,1H3,(H2,15,16,17,18,20). The topological polar surface area (TPSA) is 63.2 Å². The Balaban J connectivity index is 2.21. The van der Waals surface area contributed by atoms with Crippen LogP contribution in [0.4, 0.5) is 10.5 Å². The molecule has 0 unspecified atom stereocenters. The van der Waals surface area contributed by atoms with E-state index >= 15 is 0 Å². The number of alkyl carbamates (subject to hydrolysis) is 1. The summed E-state index contributed by atoms with van der Waals surface area (Å²) in [6, 6.07) is 9.11. The summed E-state index contributed by atoms with van der Waals surface area (Å²) in [5.41, 5.74) is 1.41. The van der Waals surface area contributed by atoms with Gasteiger partial charge in [0.15, 0.2) is 5.11 Å². The summed E-state index contributed by atoms with van der Waals surface area (Å²) in [4.78, 5) is 15.5. The third-order valence-electron chi connectivity index (χ3n) is 2.42. The lowest BCUT2D eigenvalue weighted by atomic mass is 10.2. The summed E-state index contributed by atoms with van der Waals surface area (Å²) in [7, 11) is 0. The van der Waals surface area contributed by atoms with Crippen LogP contribution in [0.15, 0.2) is 30.3 Å². The van der Waals surface area contributed by atoms with E-state index in [-0.39, 0.29) is 11.7 Å². The van der Waals surface area contributed by atoms with Crippen LogP contribution in [0.5, 0.6) is 0 Å². The smallest absolute Gasteiger partial charge is 0.413 e. The summed E-state index contributed by atoms with van der Waals surface area (Å²) in [5.74, 6) is 0. The number of halogens is 1. The maximum absolute atomic E-state index is 11.3. The highest BCUT2D eigenvalue weighted by Gasteiger charge is 2.08. The molecular formula is C13H12ClN3O2S. The lowest BCUT2D eigenvalue weighted by molar-refractivity contribution is 0.158. The number of hydrogen-bond acceptors (Lipinski definition) is 4. The fraction of sp³-hybridized carbons (Fsp3) is 0.154. The number of benzene rings is 1. The van der Waals surface area contributed by atoms with Crippen LogP contribution in [0.3, 0.4) is 0 Å². The van der Waals surface area contributed by atoms with Gasteiger partial charge in [0.2, 0.25) is 0 Å².